The van der Waals surface area contributed by atoms with Crippen LogP contribution in [-0.4, -0.2) is 48.6 Å². The minimum atomic E-state index is 0.802. The van der Waals surface area contributed by atoms with Crippen LogP contribution in [0.5, 0.6) is 0 Å². The highest BCUT2D eigenvalue weighted by atomic mass is 32.2. The van der Waals surface area contributed by atoms with Crippen molar-refractivity contribution in [1.82, 2.24) is 10.2 Å². The van der Waals surface area contributed by atoms with E-state index in [9.17, 15) is 0 Å². The van der Waals surface area contributed by atoms with Gasteiger partial charge in [0.1, 0.15) is 0 Å². The molecule has 0 aromatic carbocycles. The fourth-order valence-electron chi connectivity index (χ4n) is 1.81. The molecule has 2 fully saturated rings. The lowest BCUT2D eigenvalue weighted by Crippen LogP contribution is -2.41. The Balaban J connectivity index is 1.82. The van der Waals surface area contributed by atoms with Crippen LogP contribution in [0.15, 0.2) is 0 Å². The van der Waals surface area contributed by atoms with Crippen molar-refractivity contribution in [2.24, 2.45) is 0 Å². The number of hydrogen-bond acceptors (Lipinski definition) is 2. The van der Waals surface area contributed by atoms with E-state index in [1.807, 2.05) is 0 Å². The molecule has 0 spiro atoms. The molecule has 2 rings (SSSR count). The summed E-state index contributed by atoms with van der Waals surface area (Å²) in [6.45, 7) is 4.80. The van der Waals surface area contributed by atoms with Gasteiger partial charge in [0.15, 0.2) is 0 Å². The minimum Gasteiger partial charge on any atom is -0.297 e. The van der Waals surface area contributed by atoms with Crippen molar-refractivity contribution in [3.8, 4) is 0 Å². The maximum Gasteiger partial charge on any atom is 0.0290 e. The van der Waals surface area contributed by atoms with Gasteiger partial charge in [0.25, 0.3) is 0 Å². The lowest BCUT2D eigenvalue weighted by atomic mass is 10.2. The second-order valence-electron chi connectivity index (χ2n) is 3.22. The largest absolute Gasteiger partial charge is 0.297 e. The van der Waals surface area contributed by atoms with Gasteiger partial charge in [-0.15, -0.1) is 0 Å². The first kappa shape index (κ1) is 7.90. The fraction of sp³-hybridized carbons (Fsp3) is 1.00. The topological polar surface area (TPSA) is 17.3 Å². The molecular weight excluding hydrogens is 156 g/mol. The molecule has 2 heterocycles. The second-order valence-corrected chi connectivity index (χ2v) is 4.45. The van der Waals surface area contributed by atoms with E-state index in [1.165, 1.54) is 31.0 Å². The molecular formula is C8H15N2S. The molecule has 11 heavy (non-hydrogen) atoms. The molecule has 2 aliphatic rings. The first-order valence-corrected chi connectivity index (χ1v) is 5.57. The Kier molecular flexibility index (Phi) is 2.72. The van der Waals surface area contributed by atoms with Crippen LogP contribution in [0.25, 0.3) is 0 Å². The van der Waals surface area contributed by atoms with Crippen LogP contribution in [0.1, 0.15) is 6.42 Å². The Labute approximate surface area is 72.7 Å². The number of rotatable bonds is 1. The molecule has 1 radical (unpaired) electrons. The highest BCUT2D eigenvalue weighted by Gasteiger charge is 2.23. The molecule has 2 saturated heterocycles. The highest BCUT2D eigenvalue weighted by molar-refractivity contribution is 7.99. The van der Waals surface area contributed by atoms with Gasteiger partial charge in [-0.3, -0.25) is 4.90 Å². The predicted octanol–water partition coefficient (Wildman–Crippen LogP) is 0.412. The van der Waals surface area contributed by atoms with E-state index in [-0.39, 0.29) is 0 Å². The smallest absolute Gasteiger partial charge is 0.0290 e. The highest BCUT2D eigenvalue weighted by Crippen LogP contribution is 2.15. The molecule has 63 valence electrons. The van der Waals surface area contributed by atoms with Gasteiger partial charge >= 0.3 is 0 Å². The van der Waals surface area contributed by atoms with Gasteiger partial charge in [0.05, 0.1) is 0 Å². The molecule has 0 amide bonds. The van der Waals surface area contributed by atoms with Crippen LogP contribution in [0.2, 0.25) is 0 Å². The molecule has 1 unspecified atom stereocenters. The Bertz CT molecular complexity index is 117. The third-order valence-corrected chi connectivity index (χ3v) is 3.46. The Morgan fingerprint density at radius 2 is 2.09 bits per heavy atom. The lowest BCUT2D eigenvalue weighted by molar-refractivity contribution is 0.230. The van der Waals surface area contributed by atoms with Gasteiger partial charge in [-0.25, -0.2) is 5.32 Å². The summed E-state index contributed by atoms with van der Waals surface area (Å²) in [5, 5.41) is 4.39. The van der Waals surface area contributed by atoms with E-state index in [0.29, 0.717) is 0 Å². The normalized spacial score (nSPS) is 34.4. The molecule has 2 nitrogen and oxygen atoms in total. The summed E-state index contributed by atoms with van der Waals surface area (Å²) in [4.78, 5) is 2.62. The number of hydrogen-bond donors (Lipinski definition) is 0. The third kappa shape index (κ3) is 1.89. The SMILES string of the molecule is C1CC(N2CCSCC2)C[N]1. The quantitative estimate of drug-likeness (QED) is 0.568. The van der Waals surface area contributed by atoms with Crippen molar-refractivity contribution >= 4 is 11.8 Å². The van der Waals surface area contributed by atoms with Crippen LogP contribution in [0.4, 0.5) is 0 Å². The van der Waals surface area contributed by atoms with Gasteiger partial charge in [-0.1, -0.05) is 0 Å². The van der Waals surface area contributed by atoms with Gasteiger partial charge in [0, 0.05) is 43.7 Å². The van der Waals surface area contributed by atoms with Crippen molar-refractivity contribution in [1.29, 1.82) is 0 Å². The van der Waals surface area contributed by atoms with Crippen molar-refractivity contribution < 1.29 is 0 Å². The molecule has 2 aliphatic heterocycles. The molecule has 3 heteroatoms. The Morgan fingerprint density at radius 1 is 1.27 bits per heavy atom. The molecule has 1 atom stereocenters. The molecule has 0 aromatic heterocycles. The number of nitrogens with zero attached hydrogens (tertiary/aromatic N) is 2. The van der Waals surface area contributed by atoms with Gasteiger partial charge in [-0.05, 0) is 6.42 Å². The standard InChI is InChI=1S/C8H15N2S/c1-2-9-7-8(1)10-3-5-11-6-4-10/h8H,1-7H2. The summed E-state index contributed by atoms with van der Waals surface area (Å²) < 4.78 is 0. The Hall–Kier alpha value is 0.270. The first-order valence-electron chi connectivity index (χ1n) is 4.42. The molecule has 0 aromatic rings. The summed E-state index contributed by atoms with van der Waals surface area (Å²) >= 11 is 2.09. The summed E-state index contributed by atoms with van der Waals surface area (Å²) in [6, 6.07) is 0.802. The van der Waals surface area contributed by atoms with Crippen molar-refractivity contribution in [3.63, 3.8) is 0 Å². The van der Waals surface area contributed by atoms with Gasteiger partial charge < -0.3 is 0 Å². The maximum absolute atomic E-state index is 4.39. The maximum atomic E-state index is 4.39. The van der Waals surface area contributed by atoms with E-state index in [2.05, 4.69) is 22.0 Å². The van der Waals surface area contributed by atoms with Crippen molar-refractivity contribution in [2.75, 3.05) is 37.7 Å². The second kappa shape index (κ2) is 3.78. The van der Waals surface area contributed by atoms with E-state index in [1.54, 1.807) is 0 Å². The Morgan fingerprint density at radius 3 is 2.73 bits per heavy atom. The molecule has 0 saturated carbocycles. The van der Waals surface area contributed by atoms with Crippen molar-refractivity contribution in [2.45, 2.75) is 12.5 Å². The lowest BCUT2D eigenvalue weighted by Gasteiger charge is -2.31. The van der Waals surface area contributed by atoms with Crippen molar-refractivity contribution in [3.05, 3.63) is 0 Å². The van der Waals surface area contributed by atoms with Crippen LogP contribution in [-0.2, 0) is 0 Å². The third-order valence-electron chi connectivity index (χ3n) is 2.52. The summed E-state index contributed by atoms with van der Waals surface area (Å²) in [5.41, 5.74) is 0. The molecule has 0 N–H and O–H groups in total. The van der Waals surface area contributed by atoms with E-state index in [4.69, 9.17) is 0 Å². The van der Waals surface area contributed by atoms with Crippen LogP contribution < -0.4 is 5.32 Å². The minimum absolute atomic E-state index is 0.802. The van der Waals surface area contributed by atoms with Crippen LogP contribution in [0.3, 0.4) is 0 Å². The predicted molar refractivity (Wildman–Crippen MR) is 49.2 cm³/mol. The van der Waals surface area contributed by atoms with E-state index < -0.39 is 0 Å². The monoisotopic (exact) mass is 171 g/mol. The summed E-state index contributed by atoms with van der Waals surface area (Å²) in [5.74, 6) is 2.66. The van der Waals surface area contributed by atoms with Gasteiger partial charge in [-0.2, -0.15) is 11.8 Å². The molecule has 0 aliphatic carbocycles. The van der Waals surface area contributed by atoms with Crippen LogP contribution in [0, 0.1) is 0 Å². The van der Waals surface area contributed by atoms with Gasteiger partial charge in [0.2, 0.25) is 0 Å². The van der Waals surface area contributed by atoms with E-state index in [0.717, 1.165) is 19.1 Å². The average molecular weight is 171 g/mol. The summed E-state index contributed by atoms with van der Waals surface area (Å²) in [6.07, 6.45) is 1.31. The first-order chi connectivity index (χ1) is 5.47. The summed E-state index contributed by atoms with van der Waals surface area (Å²) in [7, 11) is 0. The fourth-order valence-corrected chi connectivity index (χ4v) is 2.74. The zero-order chi connectivity index (χ0) is 7.52. The number of thioether (sulfide) groups is 1. The molecule has 0 bridgehead atoms. The zero-order valence-electron chi connectivity index (χ0n) is 6.83. The van der Waals surface area contributed by atoms with Crippen LogP contribution >= 0.6 is 11.8 Å². The zero-order valence-corrected chi connectivity index (χ0v) is 7.65. The van der Waals surface area contributed by atoms with E-state index >= 15 is 0 Å². The average Bonchev–Trinajstić information content (AvgIpc) is 2.58.